The van der Waals surface area contributed by atoms with Gasteiger partial charge >= 0.3 is 0 Å². The van der Waals surface area contributed by atoms with E-state index in [1.54, 1.807) is 24.3 Å². The molecule has 0 bridgehead atoms. The molecule has 0 N–H and O–H groups in total. The number of hydrogen-bond donors (Lipinski definition) is 0. The first-order valence-corrected chi connectivity index (χ1v) is 10.7. The zero-order valence-electron chi connectivity index (χ0n) is 16.6. The minimum absolute atomic E-state index is 0.0547. The second kappa shape index (κ2) is 8.63. The van der Waals surface area contributed by atoms with Gasteiger partial charge in [0, 0.05) is 38.5 Å². The van der Waals surface area contributed by atoms with Crippen LogP contribution in [0.5, 0.6) is 0 Å². The largest absolute Gasteiger partial charge is 0.381 e. The number of benzene rings is 1. The molecule has 1 atom stereocenters. The van der Waals surface area contributed by atoms with E-state index in [2.05, 4.69) is 6.07 Å². The number of nitriles is 1. The van der Waals surface area contributed by atoms with Gasteiger partial charge in [-0.1, -0.05) is 0 Å². The predicted molar refractivity (Wildman–Crippen MR) is 106 cm³/mol. The number of amides is 1. The molecule has 1 aromatic rings. The molecule has 1 spiro atoms. The summed E-state index contributed by atoms with van der Waals surface area (Å²) in [5, 5.41) is 8.91. The molecule has 0 radical (unpaired) electrons. The number of rotatable bonds is 6. The van der Waals surface area contributed by atoms with Gasteiger partial charge in [-0.15, -0.1) is 0 Å². The van der Waals surface area contributed by atoms with Crippen molar-refractivity contribution in [2.75, 3.05) is 32.9 Å². The number of hydrogen-bond acceptors (Lipinski definition) is 4. The van der Waals surface area contributed by atoms with E-state index in [0.717, 1.165) is 70.9 Å². The molecule has 5 heteroatoms. The highest BCUT2D eigenvalue weighted by atomic mass is 16.5. The van der Waals surface area contributed by atoms with E-state index in [1.807, 2.05) is 4.90 Å². The second-order valence-electron chi connectivity index (χ2n) is 8.68. The van der Waals surface area contributed by atoms with Gasteiger partial charge in [0.2, 0.25) is 0 Å². The molecule has 3 aliphatic rings. The van der Waals surface area contributed by atoms with Crippen LogP contribution in [0.4, 0.5) is 0 Å². The highest BCUT2D eigenvalue weighted by molar-refractivity contribution is 5.94. The molecule has 5 nitrogen and oxygen atoms in total. The lowest BCUT2D eigenvalue weighted by Crippen LogP contribution is -2.50. The quantitative estimate of drug-likeness (QED) is 0.703. The first-order valence-electron chi connectivity index (χ1n) is 10.7. The standard InChI is InChI=1S/C23H30N2O3/c24-16-19-3-5-21(6-4-19)22(26)25-11-9-23(10-12-25)15-18(8-14-28-23)7-13-27-17-20-1-2-20/h3-6,18,20H,1-2,7-15,17H2. The monoisotopic (exact) mass is 382 g/mol. The molecular formula is C23H30N2O3. The maximum atomic E-state index is 12.8. The fourth-order valence-corrected chi connectivity index (χ4v) is 4.50. The topological polar surface area (TPSA) is 62.6 Å². The van der Waals surface area contributed by atoms with Crippen LogP contribution in [-0.2, 0) is 9.47 Å². The van der Waals surface area contributed by atoms with Crippen LogP contribution in [0.3, 0.4) is 0 Å². The highest BCUT2D eigenvalue weighted by Crippen LogP contribution is 2.39. The Morgan fingerprint density at radius 2 is 1.93 bits per heavy atom. The lowest BCUT2D eigenvalue weighted by molar-refractivity contribution is -0.126. The Morgan fingerprint density at radius 1 is 1.18 bits per heavy atom. The van der Waals surface area contributed by atoms with Crippen LogP contribution in [0.2, 0.25) is 0 Å². The van der Waals surface area contributed by atoms with Crippen LogP contribution < -0.4 is 0 Å². The first-order chi connectivity index (χ1) is 13.7. The van der Waals surface area contributed by atoms with Crippen molar-refractivity contribution in [1.82, 2.24) is 4.90 Å². The summed E-state index contributed by atoms with van der Waals surface area (Å²) in [6, 6.07) is 9.01. The summed E-state index contributed by atoms with van der Waals surface area (Å²) in [7, 11) is 0. The summed E-state index contributed by atoms with van der Waals surface area (Å²) in [5.74, 6) is 1.56. The van der Waals surface area contributed by atoms with Crippen molar-refractivity contribution >= 4 is 5.91 Å². The average Bonchev–Trinajstić information content (AvgIpc) is 3.56. The van der Waals surface area contributed by atoms with Crippen LogP contribution in [0.15, 0.2) is 24.3 Å². The maximum absolute atomic E-state index is 12.8. The highest BCUT2D eigenvalue weighted by Gasteiger charge is 2.41. The van der Waals surface area contributed by atoms with Crippen molar-refractivity contribution in [1.29, 1.82) is 5.26 Å². The third kappa shape index (κ3) is 4.74. The van der Waals surface area contributed by atoms with E-state index in [-0.39, 0.29) is 11.5 Å². The second-order valence-corrected chi connectivity index (χ2v) is 8.68. The average molecular weight is 383 g/mol. The zero-order chi connectivity index (χ0) is 19.4. The zero-order valence-corrected chi connectivity index (χ0v) is 16.6. The summed E-state index contributed by atoms with van der Waals surface area (Å²) < 4.78 is 12.1. The van der Waals surface area contributed by atoms with Gasteiger partial charge in [-0.25, -0.2) is 0 Å². The van der Waals surface area contributed by atoms with Crippen molar-refractivity contribution in [3.05, 3.63) is 35.4 Å². The molecule has 2 heterocycles. The summed E-state index contributed by atoms with van der Waals surface area (Å²) in [4.78, 5) is 14.7. The van der Waals surface area contributed by atoms with Gasteiger partial charge in [0.15, 0.2) is 0 Å². The number of likely N-dealkylation sites (tertiary alicyclic amines) is 1. The molecule has 2 saturated heterocycles. The molecule has 0 aromatic heterocycles. The first kappa shape index (κ1) is 19.4. The maximum Gasteiger partial charge on any atom is 0.253 e. The summed E-state index contributed by atoms with van der Waals surface area (Å²) in [5.41, 5.74) is 1.18. The lowest BCUT2D eigenvalue weighted by Gasteiger charge is -2.46. The van der Waals surface area contributed by atoms with Crippen molar-refractivity contribution in [3.63, 3.8) is 0 Å². The van der Waals surface area contributed by atoms with Gasteiger partial charge in [-0.2, -0.15) is 5.26 Å². The van der Waals surface area contributed by atoms with E-state index in [0.29, 0.717) is 17.0 Å². The Balaban J connectivity index is 1.25. The van der Waals surface area contributed by atoms with E-state index in [4.69, 9.17) is 14.7 Å². The molecule has 3 fully saturated rings. The Morgan fingerprint density at radius 3 is 2.61 bits per heavy atom. The minimum Gasteiger partial charge on any atom is -0.381 e. The fraction of sp³-hybridized carbons (Fsp3) is 0.652. The van der Waals surface area contributed by atoms with Crippen LogP contribution >= 0.6 is 0 Å². The summed E-state index contributed by atoms with van der Waals surface area (Å²) in [6.45, 7) is 4.13. The van der Waals surface area contributed by atoms with Crippen molar-refractivity contribution < 1.29 is 14.3 Å². The molecule has 1 unspecified atom stereocenters. The van der Waals surface area contributed by atoms with Crippen molar-refractivity contribution in [2.24, 2.45) is 11.8 Å². The SMILES string of the molecule is N#Cc1ccc(C(=O)N2CCC3(CC2)CC(CCOCC2CC2)CCO3)cc1. The van der Waals surface area contributed by atoms with E-state index in [9.17, 15) is 4.79 Å². The van der Waals surface area contributed by atoms with Crippen molar-refractivity contribution in [2.45, 2.75) is 50.5 Å². The van der Waals surface area contributed by atoms with Gasteiger partial charge in [-0.05, 0) is 81.0 Å². The van der Waals surface area contributed by atoms with E-state index >= 15 is 0 Å². The third-order valence-corrected chi connectivity index (χ3v) is 6.54. The number of carbonyl (C=O) groups excluding carboxylic acids is 1. The molecule has 28 heavy (non-hydrogen) atoms. The Hall–Kier alpha value is -1.90. The number of carbonyl (C=O) groups is 1. The predicted octanol–water partition coefficient (Wildman–Crippen LogP) is 3.78. The van der Waals surface area contributed by atoms with Crippen LogP contribution in [0, 0.1) is 23.2 Å². The van der Waals surface area contributed by atoms with Gasteiger partial charge < -0.3 is 14.4 Å². The molecular weight excluding hydrogens is 352 g/mol. The van der Waals surface area contributed by atoms with Gasteiger partial charge in [0.05, 0.1) is 17.2 Å². The molecule has 2 aliphatic heterocycles. The van der Waals surface area contributed by atoms with Crippen molar-refractivity contribution in [3.8, 4) is 6.07 Å². The molecule has 1 amide bonds. The normalized spacial score (nSPS) is 24.1. The fourth-order valence-electron chi connectivity index (χ4n) is 4.50. The molecule has 1 saturated carbocycles. The van der Waals surface area contributed by atoms with Gasteiger partial charge in [0.25, 0.3) is 5.91 Å². The smallest absolute Gasteiger partial charge is 0.253 e. The van der Waals surface area contributed by atoms with Crippen LogP contribution in [0.25, 0.3) is 0 Å². The van der Waals surface area contributed by atoms with E-state index in [1.165, 1.54) is 12.8 Å². The van der Waals surface area contributed by atoms with Crippen LogP contribution in [-0.4, -0.2) is 49.3 Å². The molecule has 150 valence electrons. The summed E-state index contributed by atoms with van der Waals surface area (Å²) >= 11 is 0. The summed E-state index contributed by atoms with van der Waals surface area (Å²) in [6.07, 6.45) is 7.87. The number of ether oxygens (including phenoxy) is 2. The lowest BCUT2D eigenvalue weighted by atomic mass is 9.78. The van der Waals surface area contributed by atoms with Gasteiger partial charge in [0.1, 0.15) is 0 Å². The van der Waals surface area contributed by atoms with Crippen LogP contribution in [0.1, 0.15) is 60.9 Å². The Bertz CT molecular complexity index is 712. The number of nitrogens with zero attached hydrogens (tertiary/aromatic N) is 2. The Kier molecular flexibility index (Phi) is 5.99. The van der Waals surface area contributed by atoms with Gasteiger partial charge in [-0.3, -0.25) is 4.79 Å². The molecule has 1 aromatic carbocycles. The minimum atomic E-state index is -0.0547. The number of piperidine rings is 1. The molecule has 1 aliphatic carbocycles. The van der Waals surface area contributed by atoms with E-state index < -0.39 is 0 Å². The molecule has 4 rings (SSSR count). The Labute approximate surface area is 167 Å². The third-order valence-electron chi connectivity index (χ3n) is 6.54.